The van der Waals surface area contributed by atoms with Crippen molar-refractivity contribution in [2.45, 2.75) is 64.1 Å². The molecule has 2 atom stereocenters. The second kappa shape index (κ2) is 5.65. The summed E-state index contributed by atoms with van der Waals surface area (Å²) < 4.78 is 0. The highest BCUT2D eigenvalue weighted by atomic mass is 15.2. The minimum atomic E-state index is -0.286. The standard InChI is InChI=1S/C13H25N3/c1-5-16(11(2)3)12-7-6-8-13(9-12,10-14)15-4/h11-12,15H,5-9H2,1-4H3. The van der Waals surface area contributed by atoms with Gasteiger partial charge in [-0.05, 0) is 53.1 Å². The highest BCUT2D eigenvalue weighted by molar-refractivity contribution is 5.10. The zero-order valence-corrected chi connectivity index (χ0v) is 11.1. The molecule has 0 aromatic carbocycles. The molecule has 0 aromatic heterocycles. The second-order valence-corrected chi connectivity index (χ2v) is 5.12. The van der Waals surface area contributed by atoms with Crippen molar-refractivity contribution < 1.29 is 0 Å². The number of hydrogen-bond donors (Lipinski definition) is 1. The molecule has 0 spiro atoms. The molecule has 3 nitrogen and oxygen atoms in total. The van der Waals surface area contributed by atoms with E-state index in [9.17, 15) is 5.26 Å². The summed E-state index contributed by atoms with van der Waals surface area (Å²) in [5.74, 6) is 0. The Morgan fingerprint density at radius 1 is 1.56 bits per heavy atom. The van der Waals surface area contributed by atoms with Gasteiger partial charge in [-0.1, -0.05) is 6.92 Å². The zero-order valence-electron chi connectivity index (χ0n) is 11.1. The van der Waals surface area contributed by atoms with E-state index in [4.69, 9.17) is 0 Å². The van der Waals surface area contributed by atoms with Crippen molar-refractivity contribution in [1.82, 2.24) is 10.2 Å². The topological polar surface area (TPSA) is 39.1 Å². The Labute approximate surface area is 99.8 Å². The van der Waals surface area contributed by atoms with Gasteiger partial charge in [0.25, 0.3) is 0 Å². The minimum absolute atomic E-state index is 0.286. The van der Waals surface area contributed by atoms with Gasteiger partial charge in [0.05, 0.1) is 6.07 Å². The Morgan fingerprint density at radius 2 is 2.25 bits per heavy atom. The van der Waals surface area contributed by atoms with Crippen LogP contribution in [0.3, 0.4) is 0 Å². The van der Waals surface area contributed by atoms with Gasteiger partial charge in [-0.25, -0.2) is 0 Å². The average Bonchev–Trinajstić information content (AvgIpc) is 2.30. The Balaban J connectivity index is 2.73. The van der Waals surface area contributed by atoms with Crippen LogP contribution in [-0.2, 0) is 0 Å². The normalized spacial score (nSPS) is 30.7. The molecule has 0 bridgehead atoms. The maximum Gasteiger partial charge on any atom is 0.108 e. The van der Waals surface area contributed by atoms with E-state index in [0.29, 0.717) is 12.1 Å². The van der Waals surface area contributed by atoms with E-state index < -0.39 is 0 Å². The summed E-state index contributed by atoms with van der Waals surface area (Å²) >= 11 is 0. The Bertz CT molecular complexity index is 256. The molecule has 0 saturated heterocycles. The molecule has 1 saturated carbocycles. The molecule has 0 heterocycles. The van der Waals surface area contributed by atoms with Gasteiger partial charge in [0, 0.05) is 12.1 Å². The summed E-state index contributed by atoms with van der Waals surface area (Å²) in [7, 11) is 1.91. The zero-order chi connectivity index (χ0) is 12.2. The van der Waals surface area contributed by atoms with Crippen molar-refractivity contribution in [3.05, 3.63) is 0 Å². The SMILES string of the molecule is CCN(C(C)C)C1CCCC(C#N)(NC)C1. The molecule has 0 amide bonds. The van der Waals surface area contributed by atoms with Crippen LogP contribution in [0.25, 0.3) is 0 Å². The lowest BCUT2D eigenvalue weighted by Crippen LogP contribution is -2.52. The smallest absolute Gasteiger partial charge is 0.108 e. The van der Waals surface area contributed by atoms with E-state index in [0.717, 1.165) is 25.8 Å². The number of nitrogens with zero attached hydrogens (tertiary/aromatic N) is 2. The molecule has 0 aromatic rings. The summed E-state index contributed by atoms with van der Waals surface area (Å²) in [6, 6.07) is 3.61. The quantitative estimate of drug-likeness (QED) is 0.793. The van der Waals surface area contributed by atoms with Crippen molar-refractivity contribution in [3.8, 4) is 6.07 Å². The van der Waals surface area contributed by atoms with Gasteiger partial charge in [0.1, 0.15) is 5.54 Å². The predicted molar refractivity (Wildman–Crippen MR) is 67.2 cm³/mol. The summed E-state index contributed by atoms with van der Waals surface area (Å²) in [6.07, 6.45) is 4.34. The minimum Gasteiger partial charge on any atom is -0.302 e. The summed E-state index contributed by atoms with van der Waals surface area (Å²) in [6.45, 7) is 7.77. The first-order valence-electron chi connectivity index (χ1n) is 6.44. The van der Waals surface area contributed by atoms with Crippen LogP contribution in [0.1, 0.15) is 46.5 Å². The van der Waals surface area contributed by atoms with Crippen molar-refractivity contribution in [1.29, 1.82) is 5.26 Å². The number of nitriles is 1. The lowest BCUT2D eigenvalue weighted by Gasteiger charge is -2.42. The van der Waals surface area contributed by atoms with E-state index in [1.54, 1.807) is 0 Å². The predicted octanol–water partition coefficient (Wildman–Crippen LogP) is 2.14. The van der Waals surface area contributed by atoms with Crippen LogP contribution in [-0.4, -0.2) is 36.1 Å². The van der Waals surface area contributed by atoms with Crippen LogP contribution in [0.15, 0.2) is 0 Å². The second-order valence-electron chi connectivity index (χ2n) is 5.12. The van der Waals surface area contributed by atoms with E-state index >= 15 is 0 Å². The highest BCUT2D eigenvalue weighted by Gasteiger charge is 2.37. The van der Waals surface area contributed by atoms with Gasteiger partial charge in [0.2, 0.25) is 0 Å². The summed E-state index contributed by atoms with van der Waals surface area (Å²) in [5, 5.41) is 12.5. The molecular weight excluding hydrogens is 198 g/mol. The lowest BCUT2D eigenvalue weighted by atomic mass is 9.79. The maximum absolute atomic E-state index is 9.32. The molecule has 0 radical (unpaired) electrons. The van der Waals surface area contributed by atoms with Gasteiger partial charge >= 0.3 is 0 Å². The van der Waals surface area contributed by atoms with Gasteiger partial charge in [0.15, 0.2) is 0 Å². The number of rotatable bonds is 4. The third-order valence-corrected chi connectivity index (χ3v) is 3.92. The lowest BCUT2D eigenvalue weighted by molar-refractivity contribution is 0.100. The fourth-order valence-electron chi connectivity index (χ4n) is 2.96. The number of nitrogens with one attached hydrogen (secondary N) is 1. The molecule has 0 aliphatic heterocycles. The first-order valence-corrected chi connectivity index (χ1v) is 6.44. The molecule has 3 heteroatoms. The van der Waals surface area contributed by atoms with Gasteiger partial charge < -0.3 is 5.32 Å². The van der Waals surface area contributed by atoms with Crippen LogP contribution in [0.5, 0.6) is 0 Å². The molecule has 1 N–H and O–H groups in total. The molecule has 1 fully saturated rings. The van der Waals surface area contributed by atoms with Gasteiger partial charge in [-0.2, -0.15) is 5.26 Å². The Morgan fingerprint density at radius 3 is 2.69 bits per heavy atom. The van der Waals surface area contributed by atoms with Crippen molar-refractivity contribution in [2.24, 2.45) is 0 Å². The van der Waals surface area contributed by atoms with Crippen molar-refractivity contribution >= 4 is 0 Å². The summed E-state index contributed by atoms with van der Waals surface area (Å²) in [5.41, 5.74) is -0.286. The highest BCUT2D eigenvalue weighted by Crippen LogP contribution is 2.31. The fraction of sp³-hybridized carbons (Fsp3) is 0.923. The van der Waals surface area contributed by atoms with E-state index in [1.807, 2.05) is 7.05 Å². The molecule has 16 heavy (non-hydrogen) atoms. The monoisotopic (exact) mass is 223 g/mol. The van der Waals surface area contributed by atoms with Gasteiger partial charge in [-0.15, -0.1) is 0 Å². The first kappa shape index (κ1) is 13.5. The van der Waals surface area contributed by atoms with E-state index in [1.165, 1.54) is 6.42 Å². The summed E-state index contributed by atoms with van der Waals surface area (Å²) in [4.78, 5) is 2.52. The Kier molecular flexibility index (Phi) is 4.76. The molecule has 1 aliphatic rings. The molecule has 1 rings (SSSR count). The molecule has 1 aliphatic carbocycles. The van der Waals surface area contributed by atoms with Crippen LogP contribution in [0.2, 0.25) is 0 Å². The third kappa shape index (κ3) is 2.75. The van der Waals surface area contributed by atoms with Crippen molar-refractivity contribution in [3.63, 3.8) is 0 Å². The molecule has 92 valence electrons. The molecular formula is C13H25N3. The van der Waals surface area contributed by atoms with Crippen LogP contribution >= 0.6 is 0 Å². The maximum atomic E-state index is 9.32. The number of hydrogen-bond acceptors (Lipinski definition) is 3. The largest absolute Gasteiger partial charge is 0.302 e. The van der Waals surface area contributed by atoms with Crippen LogP contribution < -0.4 is 5.32 Å². The fourth-order valence-corrected chi connectivity index (χ4v) is 2.96. The van der Waals surface area contributed by atoms with Crippen LogP contribution in [0, 0.1) is 11.3 Å². The van der Waals surface area contributed by atoms with Crippen LogP contribution in [0.4, 0.5) is 0 Å². The van der Waals surface area contributed by atoms with Gasteiger partial charge in [-0.3, -0.25) is 4.90 Å². The first-order chi connectivity index (χ1) is 7.58. The third-order valence-electron chi connectivity index (χ3n) is 3.92. The van der Waals surface area contributed by atoms with E-state index in [-0.39, 0.29) is 5.54 Å². The van der Waals surface area contributed by atoms with E-state index in [2.05, 4.69) is 37.1 Å². The average molecular weight is 223 g/mol. The van der Waals surface area contributed by atoms with Crippen molar-refractivity contribution in [2.75, 3.05) is 13.6 Å². The molecule has 2 unspecified atom stereocenters. The Hall–Kier alpha value is -0.590.